The lowest BCUT2D eigenvalue weighted by Gasteiger charge is -2.24. The molecular formula is C18H23ClN2O4. The van der Waals surface area contributed by atoms with Crippen LogP contribution < -0.4 is 4.74 Å². The molecule has 1 saturated carbocycles. The van der Waals surface area contributed by atoms with E-state index in [2.05, 4.69) is 4.98 Å². The van der Waals surface area contributed by atoms with E-state index >= 15 is 0 Å². The number of aliphatic carboxylic acids is 1. The number of amides is 1. The van der Waals surface area contributed by atoms with Crippen LogP contribution in [-0.4, -0.2) is 46.1 Å². The fraction of sp³-hybridized carbons (Fsp3) is 0.611. The van der Waals surface area contributed by atoms with Crippen LogP contribution in [0.2, 0.25) is 5.02 Å². The van der Waals surface area contributed by atoms with E-state index in [1.165, 1.54) is 17.2 Å². The second kappa shape index (κ2) is 7.20. The summed E-state index contributed by atoms with van der Waals surface area (Å²) in [5, 5.41) is 9.85. The molecule has 0 spiro atoms. The highest BCUT2D eigenvalue weighted by Crippen LogP contribution is 2.42. The number of carboxylic acid groups (broad SMARTS) is 1. The van der Waals surface area contributed by atoms with E-state index < -0.39 is 12.0 Å². The number of aromatic nitrogens is 1. The van der Waals surface area contributed by atoms with E-state index in [1.54, 1.807) is 0 Å². The lowest BCUT2D eigenvalue weighted by atomic mass is 9.94. The minimum atomic E-state index is -0.932. The molecule has 2 heterocycles. The first-order chi connectivity index (χ1) is 11.9. The molecule has 2 fully saturated rings. The molecule has 3 atom stereocenters. The largest absolute Gasteiger partial charge is 0.480 e. The highest BCUT2D eigenvalue weighted by atomic mass is 35.5. The van der Waals surface area contributed by atoms with Gasteiger partial charge in [-0.05, 0) is 36.7 Å². The number of carboxylic acids is 1. The predicted molar refractivity (Wildman–Crippen MR) is 92.9 cm³/mol. The summed E-state index contributed by atoms with van der Waals surface area (Å²) in [5.74, 6) is -0.300. The van der Waals surface area contributed by atoms with Gasteiger partial charge in [0.2, 0.25) is 5.88 Å². The zero-order valence-electron chi connectivity index (χ0n) is 14.4. The lowest BCUT2D eigenvalue weighted by Crippen LogP contribution is -2.43. The van der Waals surface area contributed by atoms with Crippen LogP contribution in [0.5, 0.6) is 5.88 Å². The van der Waals surface area contributed by atoms with Crippen molar-refractivity contribution in [2.75, 3.05) is 13.2 Å². The third-order valence-electron chi connectivity index (χ3n) is 5.01. The number of likely N-dealkylation sites (tertiary alicyclic amines) is 1. The van der Waals surface area contributed by atoms with Gasteiger partial charge in [0.25, 0.3) is 5.91 Å². The summed E-state index contributed by atoms with van der Waals surface area (Å²) in [4.78, 5) is 30.2. The van der Waals surface area contributed by atoms with Crippen LogP contribution in [0.15, 0.2) is 12.3 Å². The fourth-order valence-electron chi connectivity index (χ4n) is 3.89. The van der Waals surface area contributed by atoms with E-state index in [1.807, 2.05) is 13.8 Å². The maximum Gasteiger partial charge on any atom is 0.326 e. The molecule has 1 amide bonds. The zero-order valence-corrected chi connectivity index (χ0v) is 15.2. The quantitative estimate of drug-likeness (QED) is 0.866. The number of carbonyl (C=O) groups is 2. The van der Waals surface area contributed by atoms with Gasteiger partial charge in [-0.25, -0.2) is 9.78 Å². The van der Waals surface area contributed by atoms with Crippen LogP contribution >= 0.6 is 11.6 Å². The molecular weight excluding hydrogens is 344 g/mol. The number of hydrogen-bond acceptors (Lipinski definition) is 4. The molecule has 7 heteroatoms. The van der Waals surface area contributed by atoms with Gasteiger partial charge in [0.15, 0.2) is 0 Å². The Hall–Kier alpha value is -1.82. The Bertz CT molecular complexity index is 679. The Morgan fingerprint density at radius 3 is 2.84 bits per heavy atom. The number of halogens is 1. The summed E-state index contributed by atoms with van der Waals surface area (Å²) in [6.07, 6.45) is 4.30. The minimum Gasteiger partial charge on any atom is -0.480 e. The van der Waals surface area contributed by atoms with Crippen molar-refractivity contribution in [3.63, 3.8) is 0 Å². The molecule has 3 rings (SSSR count). The van der Waals surface area contributed by atoms with Crippen molar-refractivity contribution in [3.05, 3.63) is 22.8 Å². The average Bonchev–Trinajstić information content (AvgIpc) is 3.12. The molecule has 1 N–H and O–H groups in total. The monoisotopic (exact) mass is 366 g/mol. The SMILES string of the molecule is CC(C)COc1ncc(C(=O)N2CC3CCCC3C2C(=O)O)cc1Cl. The molecule has 0 bridgehead atoms. The van der Waals surface area contributed by atoms with Crippen molar-refractivity contribution in [1.82, 2.24) is 9.88 Å². The Morgan fingerprint density at radius 2 is 2.20 bits per heavy atom. The van der Waals surface area contributed by atoms with Crippen LogP contribution in [0.4, 0.5) is 0 Å². The lowest BCUT2D eigenvalue weighted by molar-refractivity contribution is -0.142. The van der Waals surface area contributed by atoms with Gasteiger partial charge in [-0.3, -0.25) is 4.79 Å². The summed E-state index contributed by atoms with van der Waals surface area (Å²) >= 11 is 6.18. The molecule has 136 valence electrons. The normalized spacial score (nSPS) is 25.3. The topological polar surface area (TPSA) is 79.7 Å². The van der Waals surface area contributed by atoms with Crippen molar-refractivity contribution in [2.45, 2.75) is 39.2 Å². The number of nitrogens with zero attached hydrogens (tertiary/aromatic N) is 2. The summed E-state index contributed by atoms with van der Waals surface area (Å²) in [6.45, 7) is 5.00. The summed E-state index contributed by atoms with van der Waals surface area (Å²) in [5.41, 5.74) is 0.299. The first-order valence-corrected chi connectivity index (χ1v) is 9.08. The average molecular weight is 367 g/mol. The van der Waals surface area contributed by atoms with E-state index in [-0.39, 0.29) is 22.8 Å². The van der Waals surface area contributed by atoms with Gasteiger partial charge in [0.05, 0.1) is 12.2 Å². The third-order valence-corrected chi connectivity index (χ3v) is 5.28. The Kier molecular flexibility index (Phi) is 5.18. The van der Waals surface area contributed by atoms with Crippen LogP contribution in [0.25, 0.3) is 0 Å². The van der Waals surface area contributed by atoms with E-state index in [0.29, 0.717) is 30.5 Å². The van der Waals surface area contributed by atoms with Crippen LogP contribution in [-0.2, 0) is 4.79 Å². The number of hydrogen-bond donors (Lipinski definition) is 1. The zero-order chi connectivity index (χ0) is 18.1. The van der Waals surface area contributed by atoms with Crippen molar-refractivity contribution in [3.8, 4) is 5.88 Å². The van der Waals surface area contributed by atoms with E-state index in [4.69, 9.17) is 16.3 Å². The van der Waals surface area contributed by atoms with E-state index in [9.17, 15) is 14.7 Å². The second-order valence-corrected chi connectivity index (χ2v) is 7.72. The third kappa shape index (κ3) is 3.59. The fourth-order valence-corrected chi connectivity index (χ4v) is 4.11. The van der Waals surface area contributed by atoms with Crippen LogP contribution in [0.1, 0.15) is 43.5 Å². The standard InChI is InChI=1S/C18H23ClN2O4/c1-10(2)9-25-16-14(19)6-12(7-20-16)17(22)21-8-11-4-3-5-13(11)15(21)18(23)24/h6-7,10-11,13,15H,3-5,8-9H2,1-2H3,(H,23,24). The van der Waals surface area contributed by atoms with Gasteiger partial charge < -0.3 is 14.7 Å². The first kappa shape index (κ1) is 18.0. The molecule has 1 aromatic heterocycles. The van der Waals surface area contributed by atoms with Gasteiger partial charge in [-0.1, -0.05) is 31.9 Å². The molecule has 1 saturated heterocycles. The van der Waals surface area contributed by atoms with Gasteiger partial charge in [-0.2, -0.15) is 0 Å². The number of rotatable bonds is 5. The van der Waals surface area contributed by atoms with Gasteiger partial charge in [0, 0.05) is 12.7 Å². The highest BCUT2D eigenvalue weighted by Gasteiger charge is 2.49. The van der Waals surface area contributed by atoms with Crippen molar-refractivity contribution >= 4 is 23.5 Å². The Labute approximate surface area is 152 Å². The van der Waals surface area contributed by atoms with Crippen LogP contribution in [0.3, 0.4) is 0 Å². The molecule has 6 nitrogen and oxygen atoms in total. The molecule has 0 radical (unpaired) electrons. The summed E-state index contributed by atoms with van der Waals surface area (Å²) < 4.78 is 5.52. The number of fused-ring (bicyclic) bond motifs is 1. The van der Waals surface area contributed by atoms with Crippen molar-refractivity contribution in [2.24, 2.45) is 17.8 Å². The molecule has 1 aromatic rings. The minimum absolute atomic E-state index is 0.0542. The predicted octanol–water partition coefficient (Wildman–Crippen LogP) is 3.10. The molecule has 3 unspecified atom stereocenters. The molecule has 0 aromatic carbocycles. The van der Waals surface area contributed by atoms with Crippen molar-refractivity contribution in [1.29, 1.82) is 0 Å². The Balaban J connectivity index is 1.78. The number of ether oxygens (including phenoxy) is 1. The van der Waals surface area contributed by atoms with Crippen LogP contribution in [0, 0.1) is 17.8 Å². The molecule has 1 aliphatic heterocycles. The summed E-state index contributed by atoms with van der Waals surface area (Å²) in [7, 11) is 0. The maximum atomic E-state index is 12.8. The highest BCUT2D eigenvalue weighted by molar-refractivity contribution is 6.32. The number of pyridine rings is 1. The first-order valence-electron chi connectivity index (χ1n) is 8.70. The van der Waals surface area contributed by atoms with Gasteiger partial charge >= 0.3 is 5.97 Å². The maximum absolute atomic E-state index is 12.8. The smallest absolute Gasteiger partial charge is 0.326 e. The Morgan fingerprint density at radius 1 is 1.44 bits per heavy atom. The summed E-state index contributed by atoms with van der Waals surface area (Å²) in [6, 6.07) is 0.759. The molecule has 25 heavy (non-hydrogen) atoms. The van der Waals surface area contributed by atoms with Gasteiger partial charge in [-0.15, -0.1) is 0 Å². The second-order valence-electron chi connectivity index (χ2n) is 7.31. The van der Waals surface area contributed by atoms with Gasteiger partial charge in [0.1, 0.15) is 11.1 Å². The van der Waals surface area contributed by atoms with Crippen molar-refractivity contribution < 1.29 is 19.4 Å². The number of carbonyl (C=O) groups excluding carboxylic acids is 1. The molecule has 2 aliphatic rings. The molecule has 1 aliphatic carbocycles. The van der Waals surface area contributed by atoms with E-state index in [0.717, 1.165) is 19.3 Å².